The van der Waals surface area contributed by atoms with Gasteiger partial charge in [-0.15, -0.1) is 4.40 Å². The van der Waals surface area contributed by atoms with Crippen molar-refractivity contribution in [2.75, 3.05) is 11.6 Å². The van der Waals surface area contributed by atoms with Gasteiger partial charge in [0, 0.05) is 23.8 Å². The van der Waals surface area contributed by atoms with Crippen LogP contribution in [-0.4, -0.2) is 40.1 Å². The SMILES string of the molecule is C=S(C)(=O)Cc1ccc2c(c1)S(=O)(=O)N=C(c1c(O)c(CCC(C)(C)C)c3ccc(F)cn3c1=O)N2. The first-order valence-electron chi connectivity index (χ1n) is 11.2. The van der Waals surface area contributed by atoms with Crippen LogP contribution in [0.15, 0.2) is 50.6 Å². The van der Waals surface area contributed by atoms with E-state index in [1.807, 2.05) is 20.8 Å². The number of fused-ring (bicyclic) bond motifs is 2. The molecule has 0 radical (unpaired) electrons. The van der Waals surface area contributed by atoms with Gasteiger partial charge in [0.25, 0.3) is 15.6 Å². The van der Waals surface area contributed by atoms with Gasteiger partial charge in [-0.05, 0) is 63.5 Å². The van der Waals surface area contributed by atoms with Gasteiger partial charge >= 0.3 is 0 Å². The zero-order valence-corrected chi connectivity index (χ0v) is 22.1. The molecule has 192 valence electrons. The minimum absolute atomic E-state index is 0.0852. The number of anilines is 1. The van der Waals surface area contributed by atoms with E-state index in [9.17, 15) is 26.9 Å². The third kappa shape index (κ3) is 5.17. The van der Waals surface area contributed by atoms with Crippen molar-refractivity contribution >= 4 is 42.5 Å². The molecule has 2 aromatic heterocycles. The minimum atomic E-state index is -4.28. The van der Waals surface area contributed by atoms with Crippen LogP contribution in [0.4, 0.5) is 10.1 Å². The topological polar surface area (TPSA) is 117 Å². The molecule has 0 saturated heterocycles. The predicted molar refractivity (Wildman–Crippen MR) is 142 cm³/mol. The van der Waals surface area contributed by atoms with Gasteiger partial charge in [0.2, 0.25) is 0 Å². The van der Waals surface area contributed by atoms with Gasteiger partial charge in [-0.2, -0.15) is 8.42 Å². The average molecular weight is 534 g/mol. The van der Waals surface area contributed by atoms with Crippen molar-refractivity contribution in [1.29, 1.82) is 0 Å². The Morgan fingerprint density at radius 3 is 2.56 bits per heavy atom. The Bertz CT molecular complexity index is 1700. The fourth-order valence-electron chi connectivity index (χ4n) is 4.10. The number of nitrogens with zero attached hydrogens (tertiary/aromatic N) is 2. The summed E-state index contributed by atoms with van der Waals surface area (Å²) in [5.41, 5.74) is 0.0864. The lowest BCUT2D eigenvalue weighted by molar-refractivity contribution is 0.374. The number of pyridine rings is 2. The summed E-state index contributed by atoms with van der Waals surface area (Å²) in [6.45, 7) is 6.08. The highest BCUT2D eigenvalue weighted by Gasteiger charge is 2.31. The molecule has 0 fully saturated rings. The Morgan fingerprint density at radius 2 is 1.92 bits per heavy atom. The van der Waals surface area contributed by atoms with Crippen LogP contribution in [0.5, 0.6) is 5.75 Å². The summed E-state index contributed by atoms with van der Waals surface area (Å²) in [6, 6.07) is 7.07. The van der Waals surface area contributed by atoms with Crippen LogP contribution in [-0.2, 0) is 31.7 Å². The number of amidine groups is 1. The van der Waals surface area contributed by atoms with Gasteiger partial charge in [0.1, 0.15) is 22.0 Å². The van der Waals surface area contributed by atoms with Crippen molar-refractivity contribution < 1.29 is 22.1 Å². The highest BCUT2D eigenvalue weighted by Crippen LogP contribution is 2.34. The lowest BCUT2D eigenvalue weighted by Crippen LogP contribution is -2.31. The lowest BCUT2D eigenvalue weighted by Gasteiger charge is -2.22. The molecule has 1 atom stereocenters. The maximum Gasteiger partial charge on any atom is 0.286 e. The molecular formula is C25H28FN3O5S2. The van der Waals surface area contributed by atoms with Crippen LogP contribution in [0.2, 0.25) is 0 Å². The summed E-state index contributed by atoms with van der Waals surface area (Å²) < 4.78 is 57.2. The summed E-state index contributed by atoms with van der Waals surface area (Å²) in [4.78, 5) is 13.2. The molecule has 4 rings (SSSR count). The van der Waals surface area contributed by atoms with E-state index in [-0.39, 0.29) is 33.1 Å². The molecule has 0 spiro atoms. The Morgan fingerprint density at radius 1 is 1.22 bits per heavy atom. The first kappa shape index (κ1) is 25.9. The normalized spacial score (nSPS) is 16.6. The summed E-state index contributed by atoms with van der Waals surface area (Å²) in [7, 11) is -6.69. The molecule has 3 aromatic rings. The predicted octanol–water partition coefficient (Wildman–Crippen LogP) is 3.53. The number of aryl methyl sites for hydroxylation is 1. The third-order valence-corrected chi connectivity index (χ3v) is 8.06. The van der Waals surface area contributed by atoms with Crippen LogP contribution >= 0.6 is 0 Å². The Kier molecular flexibility index (Phi) is 6.28. The van der Waals surface area contributed by atoms with E-state index in [0.29, 0.717) is 29.5 Å². The molecule has 0 amide bonds. The number of benzene rings is 1. The summed E-state index contributed by atoms with van der Waals surface area (Å²) in [5, 5.41) is 14.1. The lowest BCUT2D eigenvalue weighted by atomic mass is 9.88. The second-order valence-electron chi connectivity index (χ2n) is 10.4. The molecule has 0 bridgehead atoms. The quantitative estimate of drug-likeness (QED) is 0.485. The van der Waals surface area contributed by atoms with Gasteiger partial charge < -0.3 is 10.4 Å². The van der Waals surface area contributed by atoms with Crippen LogP contribution < -0.4 is 10.9 Å². The molecule has 3 heterocycles. The Balaban J connectivity index is 1.91. The number of rotatable bonds is 5. The average Bonchev–Trinajstić information content (AvgIpc) is 2.72. The number of sulfonamides is 1. The maximum absolute atomic E-state index is 14.1. The molecule has 0 saturated carbocycles. The minimum Gasteiger partial charge on any atom is -0.507 e. The third-order valence-electron chi connectivity index (χ3n) is 5.80. The van der Waals surface area contributed by atoms with Crippen molar-refractivity contribution in [3.8, 4) is 5.75 Å². The molecule has 11 heteroatoms. The van der Waals surface area contributed by atoms with E-state index in [0.717, 1.165) is 10.6 Å². The fraction of sp³-hybridized carbons (Fsp3) is 0.320. The van der Waals surface area contributed by atoms with E-state index >= 15 is 0 Å². The molecular weight excluding hydrogens is 505 g/mol. The number of aromatic hydroxyl groups is 1. The van der Waals surface area contributed by atoms with Crippen molar-refractivity contribution in [2.24, 2.45) is 9.81 Å². The summed E-state index contributed by atoms with van der Waals surface area (Å²) in [5.74, 6) is 2.26. The number of halogens is 1. The van der Waals surface area contributed by atoms with Crippen LogP contribution in [0.3, 0.4) is 0 Å². The van der Waals surface area contributed by atoms with Crippen molar-refractivity contribution in [2.45, 2.75) is 44.3 Å². The molecule has 2 N–H and O–H groups in total. The largest absolute Gasteiger partial charge is 0.507 e. The van der Waals surface area contributed by atoms with Gasteiger partial charge in [-0.1, -0.05) is 26.8 Å². The summed E-state index contributed by atoms with van der Waals surface area (Å²) >= 11 is 0. The first-order valence-corrected chi connectivity index (χ1v) is 14.9. The maximum atomic E-state index is 14.1. The molecule has 8 nitrogen and oxygen atoms in total. The van der Waals surface area contributed by atoms with Crippen molar-refractivity contribution in [3.05, 3.63) is 69.4 Å². The van der Waals surface area contributed by atoms with Crippen LogP contribution in [0.25, 0.3) is 5.52 Å². The zero-order valence-electron chi connectivity index (χ0n) is 20.5. The number of hydrogen-bond acceptors (Lipinski definition) is 6. The molecule has 1 aromatic carbocycles. The molecule has 1 unspecified atom stereocenters. The zero-order chi connectivity index (χ0) is 26.6. The first-order chi connectivity index (χ1) is 16.6. The van der Waals surface area contributed by atoms with E-state index in [1.54, 1.807) is 6.07 Å². The number of aromatic nitrogens is 1. The van der Waals surface area contributed by atoms with Crippen LogP contribution in [0, 0.1) is 11.2 Å². The monoisotopic (exact) mass is 533 g/mol. The molecule has 1 aliphatic rings. The van der Waals surface area contributed by atoms with Crippen molar-refractivity contribution in [1.82, 2.24) is 4.40 Å². The van der Waals surface area contributed by atoms with Crippen molar-refractivity contribution in [3.63, 3.8) is 0 Å². The standard InChI is InChI=1S/C25H28FN3O5S2/c1-25(2,3)11-10-17-19-9-7-16(26)13-29(19)24(31)21(22(17)30)23-27-18-8-6-15(14-35(4,5)32)12-20(18)36(33,34)28-23/h6-9,12-13,30H,4,10-11,14H2,1-3,5H3,(H,27,28). The Hall–Kier alpha value is -3.18. The van der Waals surface area contributed by atoms with E-state index in [2.05, 4.69) is 15.6 Å². The second-order valence-corrected chi connectivity index (χ2v) is 14.6. The number of nitrogens with one attached hydrogen (secondary N) is 1. The van der Waals surface area contributed by atoms with Gasteiger partial charge in [-0.3, -0.25) is 13.4 Å². The van der Waals surface area contributed by atoms with Gasteiger partial charge in [-0.25, -0.2) is 4.39 Å². The van der Waals surface area contributed by atoms with E-state index in [4.69, 9.17) is 0 Å². The van der Waals surface area contributed by atoms with E-state index in [1.165, 1.54) is 30.5 Å². The molecule has 0 aliphatic carbocycles. The molecule has 36 heavy (non-hydrogen) atoms. The Labute approximate surface area is 209 Å². The smallest absolute Gasteiger partial charge is 0.286 e. The molecule has 1 aliphatic heterocycles. The number of hydrogen-bond donors (Lipinski definition) is 2. The van der Waals surface area contributed by atoms with Crippen LogP contribution in [0.1, 0.15) is 43.9 Å². The summed E-state index contributed by atoms with van der Waals surface area (Å²) in [6.07, 6.45) is 3.48. The highest BCUT2D eigenvalue weighted by atomic mass is 32.2. The second kappa shape index (κ2) is 8.74. The van der Waals surface area contributed by atoms with E-state index < -0.39 is 36.7 Å². The fourth-order valence-corrected chi connectivity index (χ4v) is 6.15. The van der Waals surface area contributed by atoms with Gasteiger partial charge in [0.05, 0.1) is 11.2 Å². The van der Waals surface area contributed by atoms with Gasteiger partial charge in [0.15, 0.2) is 5.84 Å². The highest BCUT2D eigenvalue weighted by molar-refractivity contribution is 7.98.